The number of aldehydes is 1. The van der Waals surface area contributed by atoms with Crippen molar-refractivity contribution in [3.8, 4) is 0 Å². The van der Waals surface area contributed by atoms with Crippen LogP contribution in [0.3, 0.4) is 0 Å². The molecule has 194 valence electrons. The lowest BCUT2D eigenvalue weighted by molar-refractivity contribution is -0.131. The maximum Gasteiger partial charge on any atom is 0.243 e. The average molecular weight is 491 g/mol. The van der Waals surface area contributed by atoms with Crippen LogP contribution < -0.4 is 38.9 Å². The highest BCUT2D eigenvalue weighted by Gasteiger charge is 2.24. The lowest BCUT2D eigenvalue weighted by atomic mass is 10.0. The minimum atomic E-state index is -0.947. The van der Waals surface area contributed by atoms with E-state index in [4.69, 9.17) is 22.9 Å². The van der Waals surface area contributed by atoms with Gasteiger partial charge in [-0.1, -0.05) is 30.3 Å². The third kappa shape index (κ3) is 13.1. The normalized spacial score (nSPS) is 13.1. The van der Waals surface area contributed by atoms with Gasteiger partial charge in [0.1, 0.15) is 12.3 Å². The van der Waals surface area contributed by atoms with Gasteiger partial charge in [-0.05, 0) is 50.6 Å². The first kappa shape index (κ1) is 29.5. The maximum absolute atomic E-state index is 12.7. The highest BCUT2D eigenvalue weighted by atomic mass is 16.2. The molecular formula is C23H38N8O4. The third-order valence-electron chi connectivity index (χ3n) is 5.12. The van der Waals surface area contributed by atoms with Crippen molar-refractivity contribution in [2.24, 2.45) is 27.9 Å². The quantitative estimate of drug-likeness (QED) is 0.0560. The Balaban J connectivity index is 2.67. The second-order valence-electron chi connectivity index (χ2n) is 8.12. The molecule has 0 aliphatic rings. The van der Waals surface area contributed by atoms with Crippen molar-refractivity contribution in [2.45, 2.75) is 56.7 Å². The summed E-state index contributed by atoms with van der Waals surface area (Å²) in [5, 5.41) is 7.70. The van der Waals surface area contributed by atoms with Crippen molar-refractivity contribution in [3.63, 3.8) is 0 Å². The Labute approximate surface area is 205 Å². The van der Waals surface area contributed by atoms with Crippen molar-refractivity contribution in [2.75, 3.05) is 19.6 Å². The van der Waals surface area contributed by atoms with Crippen molar-refractivity contribution in [3.05, 3.63) is 35.9 Å². The van der Waals surface area contributed by atoms with Crippen LogP contribution in [0, 0.1) is 0 Å². The number of nitrogens with two attached hydrogens (primary N) is 4. The van der Waals surface area contributed by atoms with Crippen molar-refractivity contribution in [1.82, 2.24) is 16.0 Å². The molecule has 0 unspecified atom stereocenters. The van der Waals surface area contributed by atoms with E-state index in [0.717, 1.165) is 12.0 Å². The molecule has 3 atom stereocenters. The number of hydrogen-bond acceptors (Lipinski definition) is 7. The summed E-state index contributed by atoms with van der Waals surface area (Å²) in [7, 11) is 0. The fourth-order valence-corrected chi connectivity index (χ4v) is 3.24. The van der Waals surface area contributed by atoms with Crippen LogP contribution in [0.2, 0.25) is 0 Å². The minimum absolute atomic E-state index is 0.0761. The maximum atomic E-state index is 12.7. The Bertz CT molecular complexity index is 830. The monoisotopic (exact) mass is 490 g/mol. The molecule has 12 heteroatoms. The number of carbonyl (C=O) groups is 4. The Morgan fingerprint density at radius 2 is 1.69 bits per heavy atom. The summed E-state index contributed by atoms with van der Waals surface area (Å²) in [5.74, 6) is -1.65. The summed E-state index contributed by atoms with van der Waals surface area (Å²) in [4.78, 5) is 52.6. The summed E-state index contributed by atoms with van der Waals surface area (Å²) < 4.78 is 0. The highest BCUT2D eigenvalue weighted by molar-refractivity contribution is 5.92. The standard InChI is InChI=1S/C23H38N8O4/c24-11-5-4-9-17(15-32)30-20(33)14-29-22(35)19(10-6-12-28-23(26)27)31-21(34)18(25)13-16-7-2-1-3-8-16/h1-3,7-8,15,17-19H,4-6,9-14,24-25H2,(H,29,35)(H,30,33)(H,31,34)(H4,26,27,28)/t17-,18-,19-/m0/s1. The molecule has 0 radical (unpaired) electrons. The molecule has 0 aliphatic heterocycles. The second kappa shape index (κ2) is 17.0. The van der Waals surface area contributed by atoms with Crippen molar-refractivity contribution in [1.29, 1.82) is 0 Å². The topological polar surface area (TPSA) is 221 Å². The van der Waals surface area contributed by atoms with Gasteiger partial charge in [0.15, 0.2) is 5.96 Å². The van der Waals surface area contributed by atoms with Crippen molar-refractivity contribution < 1.29 is 19.2 Å². The number of guanidine groups is 1. The van der Waals surface area contributed by atoms with Gasteiger partial charge in [-0.25, -0.2) is 0 Å². The smallest absolute Gasteiger partial charge is 0.243 e. The molecule has 35 heavy (non-hydrogen) atoms. The Kier molecular flexibility index (Phi) is 14.3. The molecule has 0 fully saturated rings. The number of aliphatic imine (C=N–C) groups is 1. The lowest BCUT2D eigenvalue weighted by Gasteiger charge is -2.21. The summed E-state index contributed by atoms with van der Waals surface area (Å²) >= 11 is 0. The number of hydrogen-bond donors (Lipinski definition) is 7. The number of unbranched alkanes of at least 4 members (excludes halogenated alkanes) is 1. The zero-order valence-corrected chi connectivity index (χ0v) is 19.9. The van der Waals surface area contributed by atoms with E-state index in [-0.39, 0.29) is 25.5 Å². The second-order valence-corrected chi connectivity index (χ2v) is 8.12. The van der Waals surface area contributed by atoms with E-state index in [1.807, 2.05) is 30.3 Å². The number of nitrogens with one attached hydrogen (secondary N) is 3. The molecule has 3 amide bonds. The van der Waals surface area contributed by atoms with Gasteiger partial charge >= 0.3 is 0 Å². The molecule has 0 saturated carbocycles. The lowest BCUT2D eigenvalue weighted by Crippen LogP contribution is -2.53. The number of benzene rings is 1. The van der Waals surface area contributed by atoms with E-state index >= 15 is 0 Å². The highest BCUT2D eigenvalue weighted by Crippen LogP contribution is 2.04. The molecule has 0 aromatic heterocycles. The van der Waals surface area contributed by atoms with Gasteiger partial charge < -0.3 is 43.7 Å². The van der Waals surface area contributed by atoms with Crippen molar-refractivity contribution >= 4 is 30.0 Å². The number of amides is 3. The zero-order valence-electron chi connectivity index (χ0n) is 19.9. The fourth-order valence-electron chi connectivity index (χ4n) is 3.24. The SMILES string of the molecule is NCCCC[C@@H](C=O)NC(=O)CNC(=O)[C@H](CCCN=C(N)N)NC(=O)[C@@H](N)Cc1ccccc1. The van der Waals surface area contributed by atoms with E-state index in [2.05, 4.69) is 20.9 Å². The van der Waals surface area contributed by atoms with Crippen LogP contribution in [0.15, 0.2) is 35.3 Å². The predicted molar refractivity (Wildman–Crippen MR) is 134 cm³/mol. The molecule has 0 heterocycles. The van der Waals surface area contributed by atoms with E-state index in [0.29, 0.717) is 38.5 Å². The largest absolute Gasteiger partial charge is 0.370 e. The Hall–Kier alpha value is -3.51. The minimum Gasteiger partial charge on any atom is -0.370 e. The van der Waals surface area contributed by atoms with Crippen LogP contribution in [0.5, 0.6) is 0 Å². The third-order valence-corrected chi connectivity index (χ3v) is 5.12. The van der Waals surface area contributed by atoms with Gasteiger partial charge in [0.2, 0.25) is 17.7 Å². The molecule has 0 spiro atoms. The molecule has 12 nitrogen and oxygen atoms in total. The van der Waals surface area contributed by atoms with Crippen LogP contribution >= 0.6 is 0 Å². The van der Waals surface area contributed by atoms with E-state index in [1.54, 1.807) is 0 Å². The first-order valence-corrected chi connectivity index (χ1v) is 11.6. The van der Waals surface area contributed by atoms with Crippen LogP contribution in [0.4, 0.5) is 0 Å². The van der Waals surface area contributed by atoms with Gasteiger partial charge in [-0.3, -0.25) is 19.4 Å². The number of carbonyl (C=O) groups excluding carboxylic acids is 4. The molecule has 1 rings (SSSR count). The first-order chi connectivity index (χ1) is 16.8. The van der Waals surface area contributed by atoms with Gasteiger partial charge in [0.05, 0.1) is 18.6 Å². The van der Waals surface area contributed by atoms with E-state index in [1.165, 1.54) is 0 Å². The van der Waals surface area contributed by atoms with Crippen LogP contribution in [-0.4, -0.2) is 67.7 Å². The first-order valence-electron chi connectivity index (χ1n) is 11.6. The van der Waals surface area contributed by atoms with Gasteiger partial charge in [-0.15, -0.1) is 0 Å². The summed E-state index contributed by atoms with van der Waals surface area (Å²) in [6.45, 7) is 0.416. The summed E-state index contributed by atoms with van der Waals surface area (Å²) in [6, 6.07) is 6.79. The summed E-state index contributed by atoms with van der Waals surface area (Å²) in [6.07, 6.45) is 3.48. The molecule has 1 aromatic carbocycles. The zero-order chi connectivity index (χ0) is 26.1. The van der Waals surface area contributed by atoms with Gasteiger partial charge in [0.25, 0.3) is 0 Å². The van der Waals surface area contributed by atoms with Gasteiger partial charge in [0, 0.05) is 6.54 Å². The predicted octanol–water partition coefficient (Wildman–Crippen LogP) is -1.98. The Morgan fingerprint density at radius 1 is 0.971 bits per heavy atom. The molecule has 11 N–H and O–H groups in total. The van der Waals surface area contributed by atoms with E-state index in [9.17, 15) is 19.2 Å². The summed E-state index contributed by atoms with van der Waals surface area (Å²) in [5.41, 5.74) is 23.0. The van der Waals surface area contributed by atoms with Gasteiger partial charge in [-0.2, -0.15) is 0 Å². The fraction of sp³-hybridized carbons (Fsp3) is 0.522. The molecule has 0 saturated heterocycles. The Morgan fingerprint density at radius 3 is 2.31 bits per heavy atom. The average Bonchev–Trinajstić information content (AvgIpc) is 2.84. The van der Waals surface area contributed by atoms with E-state index < -0.39 is 35.8 Å². The number of nitrogens with zero attached hydrogens (tertiary/aromatic N) is 1. The van der Waals surface area contributed by atoms with Crippen LogP contribution in [0.1, 0.15) is 37.7 Å². The molecular weight excluding hydrogens is 452 g/mol. The van der Waals surface area contributed by atoms with Crippen LogP contribution in [-0.2, 0) is 25.6 Å². The molecule has 0 bridgehead atoms. The van der Waals surface area contributed by atoms with Crippen LogP contribution in [0.25, 0.3) is 0 Å². The molecule has 0 aliphatic carbocycles. The number of rotatable bonds is 17. The molecule has 1 aromatic rings.